The summed E-state index contributed by atoms with van der Waals surface area (Å²) < 4.78 is 5.95. The van der Waals surface area contributed by atoms with Crippen LogP contribution >= 0.6 is 12.2 Å². The highest BCUT2D eigenvalue weighted by Crippen LogP contribution is 2.28. The molecule has 1 heterocycles. The van der Waals surface area contributed by atoms with Gasteiger partial charge in [-0.15, -0.1) is 0 Å². The van der Waals surface area contributed by atoms with Crippen LogP contribution in [-0.2, 0) is 0 Å². The number of aromatic nitrogens is 1. The number of oxazole rings is 1. The molecule has 4 rings (SSSR count). The maximum atomic E-state index is 12.5. The van der Waals surface area contributed by atoms with E-state index in [9.17, 15) is 4.79 Å². The van der Waals surface area contributed by atoms with Crippen molar-refractivity contribution in [2.45, 2.75) is 33.6 Å². The van der Waals surface area contributed by atoms with Gasteiger partial charge in [0.15, 0.2) is 10.7 Å². The lowest BCUT2D eigenvalue weighted by Crippen LogP contribution is -2.34. The summed E-state index contributed by atoms with van der Waals surface area (Å²) in [6, 6.07) is 19.2. The van der Waals surface area contributed by atoms with Crippen LogP contribution in [0.25, 0.3) is 22.6 Å². The highest BCUT2D eigenvalue weighted by atomic mass is 32.1. The zero-order chi connectivity index (χ0) is 22.8. The monoisotopic (exact) mass is 443 g/mol. The van der Waals surface area contributed by atoms with E-state index in [-0.39, 0.29) is 11.0 Å². The van der Waals surface area contributed by atoms with Crippen molar-refractivity contribution >= 4 is 40.0 Å². The molecule has 0 atom stereocenters. The van der Waals surface area contributed by atoms with Gasteiger partial charge in [0.05, 0.1) is 0 Å². The van der Waals surface area contributed by atoms with Gasteiger partial charge < -0.3 is 9.73 Å². The first-order valence-corrected chi connectivity index (χ1v) is 10.9. The molecule has 3 aromatic carbocycles. The van der Waals surface area contributed by atoms with E-state index in [1.165, 1.54) is 5.56 Å². The van der Waals surface area contributed by atoms with E-state index in [2.05, 4.69) is 41.6 Å². The Kier molecular flexibility index (Phi) is 6.06. The number of nitrogens with one attached hydrogen (secondary N) is 2. The van der Waals surface area contributed by atoms with Gasteiger partial charge in [0.1, 0.15) is 5.52 Å². The molecule has 0 aliphatic carbocycles. The zero-order valence-electron chi connectivity index (χ0n) is 18.5. The normalized spacial score (nSPS) is 11.0. The molecule has 4 aromatic rings. The largest absolute Gasteiger partial charge is 0.436 e. The third-order valence-corrected chi connectivity index (χ3v) is 5.65. The maximum absolute atomic E-state index is 12.5. The summed E-state index contributed by atoms with van der Waals surface area (Å²) in [5, 5.41) is 6.02. The van der Waals surface area contributed by atoms with Crippen LogP contribution in [0, 0.1) is 13.8 Å². The smallest absolute Gasteiger partial charge is 0.257 e. The minimum atomic E-state index is -0.248. The van der Waals surface area contributed by atoms with Crippen LogP contribution in [0.15, 0.2) is 65.1 Å². The summed E-state index contributed by atoms with van der Waals surface area (Å²) in [4.78, 5) is 17.2. The van der Waals surface area contributed by atoms with Crippen molar-refractivity contribution in [2.24, 2.45) is 0 Å². The Labute approximate surface area is 192 Å². The van der Waals surface area contributed by atoms with E-state index in [0.717, 1.165) is 33.5 Å². The van der Waals surface area contributed by atoms with Gasteiger partial charge >= 0.3 is 0 Å². The molecular formula is C26H25N3O2S. The molecule has 0 radical (unpaired) electrons. The van der Waals surface area contributed by atoms with E-state index in [4.69, 9.17) is 16.6 Å². The Balaban J connectivity index is 1.49. The standard InChI is InChI=1S/C26H25N3O2S/c1-15(2)18-10-11-23-22(14-18)28-25(31-23)20-6-5-7-21(13-20)27-26(32)29-24(30)19-9-8-16(3)17(4)12-19/h5-15H,1-4H3,(H2,27,29,30,32). The molecule has 0 saturated carbocycles. The first kappa shape index (κ1) is 21.7. The van der Waals surface area contributed by atoms with Crippen molar-refractivity contribution in [2.75, 3.05) is 5.32 Å². The fourth-order valence-electron chi connectivity index (χ4n) is 3.38. The van der Waals surface area contributed by atoms with E-state index in [0.29, 0.717) is 17.4 Å². The Hall–Kier alpha value is -3.51. The van der Waals surface area contributed by atoms with Crippen LogP contribution in [0.2, 0.25) is 0 Å². The Bertz CT molecular complexity index is 1320. The predicted molar refractivity (Wildman–Crippen MR) is 133 cm³/mol. The van der Waals surface area contributed by atoms with Gasteiger partial charge in [-0.1, -0.05) is 32.0 Å². The minimum absolute atomic E-state index is 0.226. The molecule has 0 spiro atoms. The van der Waals surface area contributed by atoms with Gasteiger partial charge in [-0.05, 0) is 91.1 Å². The second-order valence-electron chi connectivity index (χ2n) is 8.19. The predicted octanol–water partition coefficient (Wildman–Crippen LogP) is 6.36. The molecule has 0 saturated heterocycles. The molecule has 32 heavy (non-hydrogen) atoms. The summed E-state index contributed by atoms with van der Waals surface area (Å²) in [5.74, 6) is 0.712. The number of aryl methyl sites for hydroxylation is 2. The fraction of sp³-hybridized carbons (Fsp3) is 0.192. The molecule has 0 bridgehead atoms. The summed E-state index contributed by atoms with van der Waals surface area (Å²) in [5.41, 5.74) is 7.12. The zero-order valence-corrected chi connectivity index (χ0v) is 19.3. The molecule has 0 unspecified atom stereocenters. The Morgan fingerprint density at radius 1 is 1.00 bits per heavy atom. The third-order valence-electron chi connectivity index (χ3n) is 5.44. The van der Waals surface area contributed by atoms with Crippen LogP contribution in [-0.4, -0.2) is 16.0 Å². The topological polar surface area (TPSA) is 67.2 Å². The highest BCUT2D eigenvalue weighted by molar-refractivity contribution is 7.80. The number of thiocarbonyl (C=S) groups is 1. The van der Waals surface area contributed by atoms with Crippen molar-refractivity contribution in [1.82, 2.24) is 10.3 Å². The van der Waals surface area contributed by atoms with Gasteiger partial charge in [-0.25, -0.2) is 4.98 Å². The van der Waals surface area contributed by atoms with Gasteiger partial charge in [-0.3, -0.25) is 10.1 Å². The average molecular weight is 444 g/mol. The van der Waals surface area contributed by atoms with Crippen molar-refractivity contribution in [3.63, 3.8) is 0 Å². The molecule has 6 heteroatoms. The lowest BCUT2D eigenvalue weighted by atomic mass is 10.0. The number of benzene rings is 3. The Morgan fingerprint density at radius 3 is 2.56 bits per heavy atom. The van der Waals surface area contributed by atoms with Gasteiger partial charge in [0.2, 0.25) is 5.89 Å². The van der Waals surface area contributed by atoms with E-state index < -0.39 is 0 Å². The van der Waals surface area contributed by atoms with Crippen molar-refractivity contribution < 1.29 is 9.21 Å². The number of carbonyl (C=O) groups excluding carboxylic acids is 1. The first-order valence-electron chi connectivity index (χ1n) is 10.5. The summed E-state index contributed by atoms with van der Waals surface area (Å²) in [7, 11) is 0. The Morgan fingerprint density at radius 2 is 1.81 bits per heavy atom. The van der Waals surface area contributed by atoms with Crippen LogP contribution in [0.3, 0.4) is 0 Å². The first-order chi connectivity index (χ1) is 15.3. The number of hydrogen-bond acceptors (Lipinski definition) is 4. The van der Waals surface area contributed by atoms with Gasteiger partial charge in [0, 0.05) is 16.8 Å². The number of fused-ring (bicyclic) bond motifs is 1. The minimum Gasteiger partial charge on any atom is -0.436 e. The number of amides is 1. The van der Waals surface area contributed by atoms with Crippen LogP contribution in [0.5, 0.6) is 0 Å². The van der Waals surface area contributed by atoms with Gasteiger partial charge in [0.25, 0.3) is 5.91 Å². The maximum Gasteiger partial charge on any atom is 0.257 e. The molecule has 0 aliphatic rings. The van der Waals surface area contributed by atoms with E-state index >= 15 is 0 Å². The summed E-state index contributed by atoms with van der Waals surface area (Å²) in [6.07, 6.45) is 0. The van der Waals surface area contributed by atoms with Crippen molar-refractivity contribution in [1.29, 1.82) is 0 Å². The van der Waals surface area contributed by atoms with Crippen molar-refractivity contribution in [3.05, 3.63) is 82.9 Å². The average Bonchev–Trinajstić information content (AvgIpc) is 3.19. The molecular weight excluding hydrogens is 418 g/mol. The molecule has 0 aliphatic heterocycles. The van der Waals surface area contributed by atoms with Crippen LogP contribution in [0.1, 0.15) is 46.8 Å². The number of nitrogens with zero attached hydrogens (tertiary/aromatic N) is 1. The number of rotatable bonds is 4. The lowest BCUT2D eigenvalue weighted by molar-refractivity contribution is 0.0977. The SMILES string of the molecule is Cc1ccc(C(=O)NC(=S)Nc2cccc(-c3nc4cc(C(C)C)ccc4o3)c2)cc1C. The van der Waals surface area contributed by atoms with Gasteiger partial charge in [-0.2, -0.15) is 0 Å². The quantitative estimate of drug-likeness (QED) is 0.359. The van der Waals surface area contributed by atoms with Crippen LogP contribution < -0.4 is 10.6 Å². The molecule has 2 N–H and O–H groups in total. The molecule has 5 nitrogen and oxygen atoms in total. The van der Waals surface area contributed by atoms with E-state index in [1.807, 2.05) is 56.3 Å². The van der Waals surface area contributed by atoms with Crippen molar-refractivity contribution in [3.8, 4) is 11.5 Å². The fourth-order valence-corrected chi connectivity index (χ4v) is 3.59. The highest BCUT2D eigenvalue weighted by Gasteiger charge is 2.12. The molecule has 0 fully saturated rings. The number of anilines is 1. The van der Waals surface area contributed by atoms with E-state index in [1.54, 1.807) is 6.07 Å². The number of carbonyl (C=O) groups is 1. The molecule has 1 amide bonds. The molecule has 1 aromatic heterocycles. The second kappa shape index (κ2) is 8.93. The molecule has 162 valence electrons. The third kappa shape index (κ3) is 4.70. The lowest BCUT2D eigenvalue weighted by Gasteiger charge is -2.11. The second-order valence-corrected chi connectivity index (χ2v) is 8.60. The van der Waals surface area contributed by atoms with Crippen LogP contribution in [0.4, 0.5) is 5.69 Å². The number of hydrogen-bond donors (Lipinski definition) is 2. The summed E-state index contributed by atoms with van der Waals surface area (Å²) >= 11 is 5.34. The summed E-state index contributed by atoms with van der Waals surface area (Å²) in [6.45, 7) is 8.29.